The van der Waals surface area contributed by atoms with Gasteiger partial charge in [-0.25, -0.2) is 0 Å². The van der Waals surface area contributed by atoms with Crippen LogP contribution in [-0.2, 0) is 0 Å². The number of hydrogen-bond donors (Lipinski definition) is 1. The molecule has 0 amide bonds. The van der Waals surface area contributed by atoms with Crippen LogP contribution in [-0.4, -0.2) is 37.1 Å². The van der Waals surface area contributed by atoms with Crippen molar-refractivity contribution in [2.75, 3.05) is 26.2 Å². The molecule has 2 aliphatic heterocycles. The van der Waals surface area contributed by atoms with Crippen molar-refractivity contribution in [1.82, 2.24) is 10.2 Å². The Kier molecular flexibility index (Phi) is 5.11. The molecule has 0 aromatic carbocycles. The Hall–Kier alpha value is -0.0800. The Bertz CT molecular complexity index is 175. The van der Waals surface area contributed by atoms with Gasteiger partial charge in [-0.1, -0.05) is 39.0 Å². The Morgan fingerprint density at radius 1 is 0.938 bits per heavy atom. The van der Waals surface area contributed by atoms with Crippen molar-refractivity contribution in [3.8, 4) is 0 Å². The highest BCUT2D eigenvalue weighted by atomic mass is 15.2. The first kappa shape index (κ1) is 12.4. The van der Waals surface area contributed by atoms with Crippen LogP contribution in [0.15, 0.2) is 0 Å². The summed E-state index contributed by atoms with van der Waals surface area (Å²) < 4.78 is 0. The number of rotatable bonds is 0. The third kappa shape index (κ3) is 3.74. The fourth-order valence-electron chi connectivity index (χ4n) is 3.22. The molecule has 0 aromatic rings. The van der Waals surface area contributed by atoms with Crippen LogP contribution in [0.5, 0.6) is 0 Å². The first-order chi connectivity index (χ1) is 7.86. The third-order valence-electron chi connectivity index (χ3n) is 4.35. The molecule has 1 aliphatic carbocycles. The molecule has 1 atom stereocenters. The van der Waals surface area contributed by atoms with Crippen molar-refractivity contribution in [3.05, 3.63) is 0 Å². The van der Waals surface area contributed by atoms with Gasteiger partial charge in [0.2, 0.25) is 0 Å². The molecular weight excluding hydrogens is 196 g/mol. The predicted octanol–water partition coefficient (Wildman–Crippen LogP) is 2.64. The molecule has 3 rings (SSSR count). The molecule has 2 heterocycles. The highest BCUT2D eigenvalue weighted by Gasteiger charge is 2.25. The summed E-state index contributed by atoms with van der Waals surface area (Å²) in [5.74, 6) is 1.04. The van der Waals surface area contributed by atoms with Gasteiger partial charge in [0.25, 0.3) is 0 Å². The summed E-state index contributed by atoms with van der Waals surface area (Å²) in [7, 11) is 0. The highest BCUT2D eigenvalue weighted by Crippen LogP contribution is 2.22. The lowest BCUT2D eigenvalue weighted by atomic mass is 9.91. The summed E-state index contributed by atoms with van der Waals surface area (Å²) in [4.78, 5) is 2.61. The first-order valence-corrected chi connectivity index (χ1v) is 7.31. The van der Waals surface area contributed by atoms with Crippen molar-refractivity contribution in [1.29, 1.82) is 0 Å². The average Bonchev–Trinajstić information content (AvgIpc) is 2.79. The van der Waals surface area contributed by atoms with Crippen LogP contribution < -0.4 is 5.32 Å². The SMILES string of the molecule is C1CC2CNCCN2C1.CC1CCCCC1. The van der Waals surface area contributed by atoms with E-state index in [1.807, 2.05) is 0 Å². The second-order valence-corrected chi connectivity index (χ2v) is 5.78. The molecule has 3 fully saturated rings. The van der Waals surface area contributed by atoms with E-state index in [4.69, 9.17) is 0 Å². The lowest BCUT2D eigenvalue weighted by Gasteiger charge is -2.29. The van der Waals surface area contributed by atoms with Crippen LogP contribution >= 0.6 is 0 Å². The lowest BCUT2D eigenvalue weighted by Crippen LogP contribution is -2.47. The van der Waals surface area contributed by atoms with E-state index in [-0.39, 0.29) is 0 Å². The van der Waals surface area contributed by atoms with E-state index in [9.17, 15) is 0 Å². The minimum atomic E-state index is 0.888. The topological polar surface area (TPSA) is 15.3 Å². The molecule has 2 saturated heterocycles. The van der Waals surface area contributed by atoms with Gasteiger partial charge >= 0.3 is 0 Å². The van der Waals surface area contributed by atoms with E-state index in [0.29, 0.717) is 0 Å². The van der Waals surface area contributed by atoms with Gasteiger partial charge in [-0.2, -0.15) is 0 Å². The lowest BCUT2D eigenvalue weighted by molar-refractivity contribution is 0.212. The first-order valence-electron chi connectivity index (χ1n) is 7.31. The molecular formula is C14H28N2. The quantitative estimate of drug-likeness (QED) is 0.680. The van der Waals surface area contributed by atoms with Gasteiger partial charge in [0, 0.05) is 25.7 Å². The van der Waals surface area contributed by atoms with Crippen molar-refractivity contribution in [2.45, 2.75) is 57.9 Å². The number of nitrogens with zero attached hydrogens (tertiary/aromatic N) is 1. The molecule has 2 heteroatoms. The maximum absolute atomic E-state index is 3.41. The van der Waals surface area contributed by atoms with Crippen LogP contribution in [0.3, 0.4) is 0 Å². The van der Waals surface area contributed by atoms with Gasteiger partial charge in [0.1, 0.15) is 0 Å². The van der Waals surface area contributed by atoms with Gasteiger partial charge in [-0.3, -0.25) is 4.90 Å². The van der Waals surface area contributed by atoms with Crippen molar-refractivity contribution >= 4 is 0 Å². The van der Waals surface area contributed by atoms with E-state index >= 15 is 0 Å². The van der Waals surface area contributed by atoms with Crippen molar-refractivity contribution in [2.24, 2.45) is 5.92 Å². The fraction of sp³-hybridized carbons (Fsp3) is 1.00. The average molecular weight is 224 g/mol. The monoisotopic (exact) mass is 224 g/mol. The Balaban J connectivity index is 0.000000125. The number of fused-ring (bicyclic) bond motifs is 1. The minimum Gasteiger partial charge on any atom is -0.314 e. The van der Waals surface area contributed by atoms with Crippen LogP contribution in [0, 0.1) is 5.92 Å². The zero-order chi connectivity index (χ0) is 11.2. The Morgan fingerprint density at radius 3 is 2.38 bits per heavy atom. The summed E-state index contributed by atoms with van der Waals surface area (Å²) in [5.41, 5.74) is 0. The van der Waals surface area contributed by atoms with Crippen LogP contribution in [0.2, 0.25) is 0 Å². The Morgan fingerprint density at radius 2 is 1.75 bits per heavy atom. The standard InChI is InChI=1S/C7H14N2.C7H14/c1-2-7-6-8-3-5-9(7)4-1;1-7-5-3-2-4-6-7/h7-8H,1-6H2;7H,2-6H2,1H3. The van der Waals surface area contributed by atoms with Crippen LogP contribution in [0.4, 0.5) is 0 Å². The van der Waals surface area contributed by atoms with Crippen LogP contribution in [0.25, 0.3) is 0 Å². The molecule has 3 aliphatic rings. The normalized spacial score (nSPS) is 31.7. The van der Waals surface area contributed by atoms with Gasteiger partial charge in [0.05, 0.1) is 0 Å². The van der Waals surface area contributed by atoms with E-state index in [0.717, 1.165) is 12.0 Å². The molecule has 1 N–H and O–H groups in total. The zero-order valence-corrected chi connectivity index (χ0v) is 10.9. The zero-order valence-electron chi connectivity index (χ0n) is 10.9. The summed E-state index contributed by atoms with van der Waals surface area (Å²) in [5, 5.41) is 3.41. The Labute approximate surface area is 101 Å². The predicted molar refractivity (Wildman–Crippen MR) is 69.7 cm³/mol. The van der Waals surface area contributed by atoms with Gasteiger partial charge in [-0.05, 0) is 25.3 Å². The molecule has 0 bridgehead atoms. The third-order valence-corrected chi connectivity index (χ3v) is 4.35. The molecule has 1 unspecified atom stereocenters. The largest absolute Gasteiger partial charge is 0.314 e. The molecule has 0 spiro atoms. The molecule has 0 radical (unpaired) electrons. The van der Waals surface area contributed by atoms with Gasteiger partial charge in [0.15, 0.2) is 0 Å². The van der Waals surface area contributed by atoms with Gasteiger partial charge < -0.3 is 5.32 Å². The molecule has 94 valence electrons. The van der Waals surface area contributed by atoms with Crippen molar-refractivity contribution in [3.63, 3.8) is 0 Å². The van der Waals surface area contributed by atoms with E-state index in [2.05, 4.69) is 17.1 Å². The minimum absolute atomic E-state index is 0.888. The summed E-state index contributed by atoms with van der Waals surface area (Å²) in [6.45, 7) is 7.44. The summed E-state index contributed by atoms with van der Waals surface area (Å²) in [6.07, 6.45) is 10.3. The maximum Gasteiger partial charge on any atom is 0.0221 e. The fourth-order valence-corrected chi connectivity index (χ4v) is 3.22. The molecule has 1 saturated carbocycles. The number of hydrogen-bond acceptors (Lipinski definition) is 2. The second-order valence-electron chi connectivity index (χ2n) is 5.78. The van der Waals surface area contributed by atoms with Crippen LogP contribution in [0.1, 0.15) is 51.9 Å². The summed E-state index contributed by atoms with van der Waals surface area (Å²) >= 11 is 0. The highest BCUT2D eigenvalue weighted by molar-refractivity contribution is 4.84. The van der Waals surface area contributed by atoms with Crippen molar-refractivity contribution < 1.29 is 0 Å². The molecule has 2 nitrogen and oxygen atoms in total. The van der Waals surface area contributed by atoms with E-state index < -0.39 is 0 Å². The smallest absolute Gasteiger partial charge is 0.0221 e. The van der Waals surface area contributed by atoms with Gasteiger partial charge in [-0.15, -0.1) is 0 Å². The number of piperazine rings is 1. The van der Waals surface area contributed by atoms with E-state index in [1.54, 1.807) is 0 Å². The van der Waals surface area contributed by atoms with E-state index in [1.165, 1.54) is 71.1 Å². The number of nitrogens with one attached hydrogen (secondary N) is 1. The molecule has 16 heavy (non-hydrogen) atoms. The maximum atomic E-state index is 3.41. The molecule has 0 aromatic heterocycles. The second kappa shape index (κ2) is 6.61. The summed E-state index contributed by atoms with van der Waals surface area (Å²) in [6, 6.07) is 0.888.